The van der Waals surface area contributed by atoms with Gasteiger partial charge in [-0.05, 0) is 57.5 Å². The summed E-state index contributed by atoms with van der Waals surface area (Å²) in [6.07, 6.45) is 10.1. The Labute approximate surface area is 174 Å². The van der Waals surface area contributed by atoms with Gasteiger partial charge in [0.25, 0.3) is 0 Å². The Morgan fingerprint density at radius 1 is 1.10 bits per heavy atom. The monoisotopic (exact) mass is 389 g/mol. The van der Waals surface area contributed by atoms with Crippen molar-refractivity contribution in [2.45, 2.75) is 31.2 Å². The fraction of sp³-hybridized carbons (Fsp3) is 0.346. The second-order valence-corrected chi connectivity index (χ2v) is 8.04. The molecule has 0 saturated heterocycles. The molecule has 2 aromatic carbocycles. The molecule has 0 saturated carbocycles. The van der Waals surface area contributed by atoms with Gasteiger partial charge in [-0.3, -0.25) is 4.79 Å². The van der Waals surface area contributed by atoms with Crippen LogP contribution in [0.5, 0.6) is 5.75 Å². The molecule has 3 atom stereocenters. The Bertz CT molecular complexity index is 885. The van der Waals surface area contributed by atoms with Crippen molar-refractivity contribution in [1.29, 1.82) is 0 Å². The number of para-hydroxylation sites is 1. The fourth-order valence-corrected chi connectivity index (χ4v) is 4.28. The first-order valence-electron chi connectivity index (χ1n) is 10.2. The van der Waals surface area contributed by atoms with E-state index in [1.54, 1.807) is 7.11 Å². The highest BCUT2D eigenvalue weighted by molar-refractivity contribution is 6.06. The van der Waals surface area contributed by atoms with Crippen LogP contribution in [-0.4, -0.2) is 37.9 Å². The molecule has 3 nitrogen and oxygen atoms in total. The molecule has 1 aliphatic carbocycles. The summed E-state index contributed by atoms with van der Waals surface area (Å²) in [7, 11) is 5.78. The molecule has 0 N–H and O–H groups in total. The number of rotatable bonds is 8. The van der Waals surface area contributed by atoms with E-state index in [9.17, 15) is 4.79 Å². The van der Waals surface area contributed by atoms with E-state index in [0.29, 0.717) is 11.3 Å². The van der Waals surface area contributed by atoms with E-state index in [0.717, 1.165) is 18.4 Å². The van der Waals surface area contributed by atoms with Gasteiger partial charge in [-0.1, -0.05) is 66.8 Å². The fourth-order valence-electron chi connectivity index (χ4n) is 4.28. The van der Waals surface area contributed by atoms with Crippen LogP contribution in [0, 0.1) is 5.92 Å². The van der Waals surface area contributed by atoms with E-state index in [2.05, 4.69) is 62.4 Å². The molecule has 152 valence electrons. The number of benzene rings is 2. The zero-order chi connectivity index (χ0) is 20.9. The molecule has 3 heteroatoms. The summed E-state index contributed by atoms with van der Waals surface area (Å²) in [5.74, 6) is 0.833. The zero-order valence-corrected chi connectivity index (χ0v) is 17.8. The van der Waals surface area contributed by atoms with Gasteiger partial charge in [0.1, 0.15) is 5.75 Å². The van der Waals surface area contributed by atoms with Crippen molar-refractivity contribution in [3.8, 4) is 5.75 Å². The van der Waals surface area contributed by atoms with Gasteiger partial charge in [0.05, 0.1) is 18.1 Å². The number of hydrogen-bond donors (Lipinski definition) is 0. The van der Waals surface area contributed by atoms with Gasteiger partial charge in [0.2, 0.25) is 0 Å². The maximum Gasteiger partial charge on any atom is 0.177 e. The summed E-state index contributed by atoms with van der Waals surface area (Å²) in [6, 6.07) is 18.1. The van der Waals surface area contributed by atoms with Crippen molar-refractivity contribution in [2.24, 2.45) is 5.92 Å². The summed E-state index contributed by atoms with van der Waals surface area (Å²) in [5, 5.41) is 0. The van der Waals surface area contributed by atoms with Crippen LogP contribution in [0.15, 0.2) is 78.9 Å². The molecule has 0 radical (unpaired) electrons. The van der Waals surface area contributed by atoms with Gasteiger partial charge < -0.3 is 9.64 Å². The molecule has 3 rings (SSSR count). The molecule has 0 amide bonds. The van der Waals surface area contributed by atoms with Crippen LogP contribution >= 0.6 is 0 Å². The lowest BCUT2D eigenvalue weighted by molar-refractivity contribution is 0.0786. The largest absolute Gasteiger partial charge is 0.496 e. The molecule has 0 fully saturated rings. The molecule has 0 aliphatic heterocycles. The third kappa shape index (κ3) is 4.20. The van der Waals surface area contributed by atoms with Crippen LogP contribution in [0.4, 0.5) is 0 Å². The summed E-state index contributed by atoms with van der Waals surface area (Å²) < 4.78 is 5.57. The molecule has 0 heterocycles. The number of ketones is 1. The number of ether oxygens (including phenoxy) is 1. The van der Waals surface area contributed by atoms with Crippen LogP contribution in [0.2, 0.25) is 0 Å². The lowest BCUT2D eigenvalue weighted by Gasteiger charge is -2.42. The van der Waals surface area contributed by atoms with Crippen LogP contribution in [0.25, 0.3) is 0 Å². The minimum Gasteiger partial charge on any atom is -0.496 e. The number of allylic oxidation sites excluding steroid dienone is 4. The minimum absolute atomic E-state index is 0.0784. The van der Waals surface area contributed by atoms with E-state index >= 15 is 0 Å². The number of carbonyl (C=O) groups is 1. The van der Waals surface area contributed by atoms with Crippen LogP contribution in [-0.2, 0) is 5.41 Å². The van der Waals surface area contributed by atoms with Crippen molar-refractivity contribution >= 4 is 5.78 Å². The smallest absolute Gasteiger partial charge is 0.177 e. The molecule has 1 aliphatic rings. The maximum atomic E-state index is 14.3. The number of methoxy groups -OCH3 is 1. The highest BCUT2D eigenvalue weighted by Crippen LogP contribution is 2.45. The summed E-state index contributed by atoms with van der Waals surface area (Å²) >= 11 is 0. The number of Topliss-reactive ketones (excluding diaryl/α,β-unsaturated/α-hetero) is 1. The zero-order valence-electron chi connectivity index (χ0n) is 17.8. The quantitative estimate of drug-likeness (QED) is 0.575. The van der Waals surface area contributed by atoms with Crippen molar-refractivity contribution in [3.05, 3.63) is 90.0 Å². The van der Waals surface area contributed by atoms with Crippen LogP contribution < -0.4 is 4.74 Å². The van der Waals surface area contributed by atoms with Crippen molar-refractivity contribution < 1.29 is 9.53 Å². The van der Waals surface area contributed by atoms with Crippen molar-refractivity contribution in [1.82, 2.24) is 4.90 Å². The van der Waals surface area contributed by atoms with E-state index in [1.165, 1.54) is 0 Å². The molecular formula is C26H31NO2. The summed E-state index contributed by atoms with van der Waals surface area (Å²) in [4.78, 5) is 16.5. The average Bonchev–Trinajstić information content (AvgIpc) is 2.78. The first-order valence-corrected chi connectivity index (χ1v) is 10.2. The highest BCUT2D eigenvalue weighted by atomic mass is 16.5. The molecule has 2 unspecified atom stereocenters. The van der Waals surface area contributed by atoms with E-state index < -0.39 is 5.41 Å². The van der Waals surface area contributed by atoms with E-state index in [-0.39, 0.29) is 17.7 Å². The Kier molecular flexibility index (Phi) is 6.71. The van der Waals surface area contributed by atoms with Gasteiger partial charge >= 0.3 is 0 Å². The lowest BCUT2D eigenvalue weighted by atomic mass is 9.61. The predicted octanol–water partition coefficient (Wildman–Crippen LogP) is 5.29. The summed E-state index contributed by atoms with van der Waals surface area (Å²) in [5.41, 5.74) is 1.03. The third-order valence-corrected chi connectivity index (χ3v) is 6.16. The van der Waals surface area contributed by atoms with Crippen molar-refractivity contribution in [2.75, 3.05) is 21.2 Å². The Morgan fingerprint density at radius 3 is 2.41 bits per heavy atom. The van der Waals surface area contributed by atoms with Crippen molar-refractivity contribution in [3.63, 3.8) is 0 Å². The number of nitrogens with zero attached hydrogens (tertiary/aromatic N) is 1. The molecule has 29 heavy (non-hydrogen) atoms. The van der Waals surface area contributed by atoms with Crippen LogP contribution in [0.1, 0.15) is 35.7 Å². The first kappa shape index (κ1) is 21.1. The number of carbonyl (C=O) groups excluding carboxylic acids is 1. The van der Waals surface area contributed by atoms with E-state index in [4.69, 9.17) is 4.74 Å². The number of hydrogen-bond acceptors (Lipinski definition) is 3. The van der Waals surface area contributed by atoms with Gasteiger partial charge in [-0.15, -0.1) is 0 Å². The van der Waals surface area contributed by atoms with Gasteiger partial charge in [0, 0.05) is 6.04 Å². The Hall–Kier alpha value is -2.65. The molecule has 0 bridgehead atoms. The SMILES string of the molecule is COc1ccccc1C(=O)C(C[C@H](C)N(C)C)(c1ccccc1)C1C=CC=CC1. The average molecular weight is 390 g/mol. The molecule has 2 aromatic rings. The van der Waals surface area contributed by atoms with Gasteiger partial charge in [0.15, 0.2) is 5.78 Å². The normalized spacial score (nSPS) is 19.0. The van der Waals surface area contributed by atoms with E-state index in [1.807, 2.05) is 42.5 Å². The Balaban J connectivity index is 2.24. The minimum atomic E-state index is -0.680. The maximum absolute atomic E-state index is 14.3. The summed E-state index contributed by atoms with van der Waals surface area (Å²) in [6.45, 7) is 2.19. The first-order chi connectivity index (χ1) is 14.0. The van der Waals surface area contributed by atoms with Gasteiger partial charge in [-0.2, -0.15) is 0 Å². The van der Waals surface area contributed by atoms with Crippen LogP contribution in [0.3, 0.4) is 0 Å². The highest BCUT2D eigenvalue weighted by Gasteiger charge is 2.47. The predicted molar refractivity (Wildman–Crippen MR) is 120 cm³/mol. The second kappa shape index (κ2) is 9.23. The standard InChI is InChI=1S/C26H31NO2/c1-20(27(2)3)19-26(21-13-7-5-8-14-21,22-15-9-6-10-16-22)25(28)23-17-11-12-18-24(23)29-4/h5-15,17-18,20,22H,16,19H2,1-4H3/t20-,22?,26?/m0/s1. The topological polar surface area (TPSA) is 29.5 Å². The lowest BCUT2D eigenvalue weighted by Crippen LogP contribution is -2.47. The molecule has 0 spiro atoms. The third-order valence-electron chi connectivity index (χ3n) is 6.16. The molecular weight excluding hydrogens is 358 g/mol. The molecule has 0 aromatic heterocycles. The Morgan fingerprint density at radius 2 is 1.79 bits per heavy atom. The van der Waals surface area contributed by atoms with Gasteiger partial charge in [-0.25, -0.2) is 0 Å². The second-order valence-electron chi connectivity index (χ2n) is 8.04.